The monoisotopic (exact) mass is 705 g/mol. The Balaban J connectivity index is 1.39. The molecule has 0 spiro atoms. The van der Waals surface area contributed by atoms with E-state index in [9.17, 15) is 23.1 Å². The van der Waals surface area contributed by atoms with E-state index in [0.29, 0.717) is 23.6 Å². The van der Waals surface area contributed by atoms with E-state index in [0.717, 1.165) is 60.7 Å². The molecule has 264 valence electrons. The third-order valence-corrected chi connectivity index (χ3v) is 10.7. The third kappa shape index (κ3) is 7.95. The topological polar surface area (TPSA) is 133 Å². The molecule has 5 aromatic rings. The molecule has 1 aliphatic rings. The summed E-state index contributed by atoms with van der Waals surface area (Å²) in [5.74, 6) is -0.726. The Morgan fingerprint density at radius 2 is 1.59 bits per heavy atom. The largest absolute Gasteiger partial charge is 0.394 e. The van der Waals surface area contributed by atoms with Gasteiger partial charge in [0.1, 0.15) is 0 Å². The van der Waals surface area contributed by atoms with Crippen molar-refractivity contribution in [3.8, 4) is 11.3 Å². The zero-order valence-corrected chi connectivity index (χ0v) is 29.8. The second kappa shape index (κ2) is 15.8. The number of carbonyl (C=O) groups excluding carboxylic acids is 2. The summed E-state index contributed by atoms with van der Waals surface area (Å²) in [5.41, 5.74) is 3.16. The van der Waals surface area contributed by atoms with Crippen LogP contribution in [-0.4, -0.2) is 65.9 Å². The minimum absolute atomic E-state index is 0.00813. The number of nitrogens with zero attached hydrogens (tertiary/aromatic N) is 4. The Hall–Kier alpha value is -5.13. The van der Waals surface area contributed by atoms with Crippen LogP contribution in [0.5, 0.6) is 0 Å². The molecule has 0 fully saturated rings. The number of amides is 2. The highest BCUT2D eigenvalue weighted by atomic mass is 32.2. The zero-order chi connectivity index (χ0) is 36.0. The molecule has 2 heterocycles. The lowest BCUT2D eigenvalue weighted by molar-refractivity contribution is 0.0545. The van der Waals surface area contributed by atoms with Crippen LogP contribution < -0.4 is 9.62 Å². The molecular formula is C40H43N5O5S. The first-order chi connectivity index (χ1) is 24.7. The number of aliphatic hydroxyl groups excluding tert-OH is 1. The lowest BCUT2D eigenvalue weighted by Gasteiger charge is -2.36. The van der Waals surface area contributed by atoms with E-state index in [1.807, 2.05) is 42.5 Å². The van der Waals surface area contributed by atoms with E-state index in [1.54, 1.807) is 35.4 Å². The lowest BCUT2D eigenvalue weighted by Crippen LogP contribution is -2.46. The van der Waals surface area contributed by atoms with E-state index in [2.05, 4.69) is 28.5 Å². The Kier molecular flexibility index (Phi) is 11.1. The van der Waals surface area contributed by atoms with Gasteiger partial charge in [-0.05, 0) is 71.5 Å². The van der Waals surface area contributed by atoms with Gasteiger partial charge in [-0.15, -0.1) is 0 Å². The van der Waals surface area contributed by atoms with Crippen LogP contribution in [0.2, 0.25) is 0 Å². The number of aliphatic hydroxyl groups is 1. The lowest BCUT2D eigenvalue weighted by atomic mass is 9.92. The summed E-state index contributed by atoms with van der Waals surface area (Å²) in [4.78, 5) is 41.4. The molecule has 6 rings (SSSR count). The molecule has 1 aliphatic heterocycles. The van der Waals surface area contributed by atoms with Crippen molar-refractivity contribution >= 4 is 38.6 Å². The van der Waals surface area contributed by atoms with Gasteiger partial charge >= 0.3 is 0 Å². The molecule has 1 atom stereocenters. The molecule has 0 saturated carbocycles. The van der Waals surface area contributed by atoms with Crippen molar-refractivity contribution in [2.45, 2.75) is 63.4 Å². The quantitative estimate of drug-likeness (QED) is 0.144. The summed E-state index contributed by atoms with van der Waals surface area (Å²) in [6.45, 7) is 5.88. The third-order valence-electron chi connectivity index (χ3n) is 9.36. The first-order valence-corrected chi connectivity index (χ1v) is 19.0. The molecule has 51 heavy (non-hydrogen) atoms. The van der Waals surface area contributed by atoms with E-state index < -0.39 is 27.9 Å². The first-order valence-electron chi connectivity index (χ1n) is 17.5. The van der Waals surface area contributed by atoms with E-state index >= 15 is 0 Å². The number of rotatable bonds is 13. The maximum absolute atomic E-state index is 14.6. The van der Waals surface area contributed by atoms with E-state index in [-0.39, 0.29) is 29.2 Å². The first kappa shape index (κ1) is 35.7. The van der Waals surface area contributed by atoms with Gasteiger partial charge in [-0.3, -0.25) is 9.59 Å². The van der Waals surface area contributed by atoms with Crippen molar-refractivity contribution in [2.75, 3.05) is 24.6 Å². The summed E-state index contributed by atoms with van der Waals surface area (Å²) in [6, 6.07) is 25.6. The second-order valence-corrected chi connectivity index (χ2v) is 14.6. The van der Waals surface area contributed by atoms with Crippen LogP contribution in [0.25, 0.3) is 22.0 Å². The SMILES string of the molecule is CCCCN(CCCC)c1nccc(-c2ccc(C(=O)NS(=O)(=O)c3ccc4ccccc4c3)cc2C(=O)N2Cc3ccccc3CC2CO)n1. The second-order valence-electron chi connectivity index (χ2n) is 12.9. The van der Waals surface area contributed by atoms with Crippen molar-refractivity contribution in [3.63, 3.8) is 0 Å². The Morgan fingerprint density at radius 1 is 0.882 bits per heavy atom. The Bertz CT molecular complexity index is 2150. The van der Waals surface area contributed by atoms with Crippen LogP contribution >= 0.6 is 0 Å². The number of sulfonamides is 1. The molecule has 0 radical (unpaired) electrons. The molecule has 11 heteroatoms. The number of anilines is 1. The van der Waals surface area contributed by atoms with Gasteiger partial charge in [0.15, 0.2) is 0 Å². The van der Waals surface area contributed by atoms with Crippen LogP contribution in [0.3, 0.4) is 0 Å². The molecule has 4 aromatic carbocycles. The molecule has 0 aliphatic carbocycles. The van der Waals surface area contributed by atoms with Crippen molar-refractivity contribution in [1.29, 1.82) is 0 Å². The molecule has 10 nitrogen and oxygen atoms in total. The Morgan fingerprint density at radius 3 is 2.31 bits per heavy atom. The number of aromatic nitrogens is 2. The van der Waals surface area contributed by atoms with Crippen LogP contribution in [0.4, 0.5) is 5.95 Å². The number of fused-ring (bicyclic) bond motifs is 2. The number of carbonyl (C=O) groups is 2. The highest BCUT2D eigenvalue weighted by Gasteiger charge is 2.32. The number of benzene rings is 4. The summed E-state index contributed by atoms with van der Waals surface area (Å²) in [6.07, 6.45) is 6.14. The van der Waals surface area contributed by atoms with Gasteiger partial charge in [0.2, 0.25) is 5.95 Å². The zero-order valence-electron chi connectivity index (χ0n) is 29.0. The Labute approximate surface area is 299 Å². The smallest absolute Gasteiger partial charge is 0.265 e. The van der Waals surface area contributed by atoms with Crippen LogP contribution in [0.15, 0.2) is 102 Å². The number of hydrogen-bond donors (Lipinski definition) is 2. The summed E-state index contributed by atoms with van der Waals surface area (Å²) < 4.78 is 29.0. The average Bonchev–Trinajstić information content (AvgIpc) is 3.16. The van der Waals surface area contributed by atoms with Crippen LogP contribution in [-0.2, 0) is 23.0 Å². The van der Waals surface area contributed by atoms with Crippen LogP contribution in [0, 0.1) is 0 Å². The van der Waals surface area contributed by atoms with Crippen molar-refractivity contribution in [1.82, 2.24) is 19.6 Å². The van der Waals surface area contributed by atoms with Crippen molar-refractivity contribution < 1.29 is 23.1 Å². The molecular weight excluding hydrogens is 663 g/mol. The number of nitrogens with one attached hydrogen (secondary N) is 1. The maximum atomic E-state index is 14.6. The van der Waals surface area contributed by atoms with Gasteiger partial charge in [0, 0.05) is 42.5 Å². The fourth-order valence-electron chi connectivity index (χ4n) is 6.46. The fourth-order valence-corrected chi connectivity index (χ4v) is 7.47. The minimum atomic E-state index is -4.25. The maximum Gasteiger partial charge on any atom is 0.265 e. The number of unbranched alkanes of at least 4 members (excludes halogenated alkanes) is 2. The van der Waals surface area contributed by atoms with Gasteiger partial charge in [-0.25, -0.2) is 23.1 Å². The minimum Gasteiger partial charge on any atom is -0.394 e. The van der Waals surface area contributed by atoms with Gasteiger partial charge < -0.3 is 14.9 Å². The highest BCUT2D eigenvalue weighted by molar-refractivity contribution is 7.90. The van der Waals surface area contributed by atoms with E-state index in [1.165, 1.54) is 24.3 Å². The normalized spacial score (nSPS) is 14.3. The molecule has 2 amide bonds. The highest BCUT2D eigenvalue weighted by Crippen LogP contribution is 2.31. The van der Waals surface area contributed by atoms with Crippen molar-refractivity contribution in [2.24, 2.45) is 0 Å². The average molecular weight is 706 g/mol. The predicted molar refractivity (Wildman–Crippen MR) is 199 cm³/mol. The van der Waals surface area contributed by atoms with Gasteiger partial charge in [0.25, 0.3) is 21.8 Å². The number of hydrogen-bond acceptors (Lipinski definition) is 8. The molecule has 0 saturated heterocycles. The summed E-state index contributed by atoms with van der Waals surface area (Å²) in [7, 11) is -4.25. The standard InChI is InChI=1S/C40H43N5O5S/c1-3-5-21-44(22-6-4-2)40-41-20-19-37(42-40)35-18-16-31(38(47)43-51(49,50)34-17-15-28-11-7-8-13-30(28)24-34)25-36(35)39(48)45-26-32-14-10-9-12-29(32)23-33(45)27-46/h7-20,24-25,33,46H,3-6,21-23,26-27H2,1-2H3,(H,43,47). The predicted octanol–water partition coefficient (Wildman–Crippen LogP) is 6.38. The molecule has 0 bridgehead atoms. The van der Waals surface area contributed by atoms with E-state index in [4.69, 9.17) is 4.98 Å². The van der Waals surface area contributed by atoms with Gasteiger partial charge in [-0.2, -0.15) is 0 Å². The molecule has 1 aromatic heterocycles. The van der Waals surface area contributed by atoms with Gasteiger partial charge in [-0.1, -0.05) is 87.4 Å². The van der Waals surface area contributed by atoms with Crippen LogP contribution in [0.1, 0.15) is 71.4 Å². The molecule has 1 unspecified atom stereocenters. The summed E-state index contributed by atoms with van der Waals surface area (Å²) >= 11 is 0. The van der Waals surface area contributed by atoms with Gasteiger partial charge in [0.05, 0.1) is 23.2 Å². The summed E-state index contributed by atoms with van der Waals surface area (Å²) in [5, 5.41) is 12.0. The fraction of sp³-hybridized carbons (Fsp3) is 0.300. The molecule has 2 N–H and O–H groups in total. The van der Waals surface area contributed by atoms with Crippen molar-refractivity contribution in [3.05, 3.63) is 119 Å².